The molecular weight excluding hydrogens is 264 g/mol. The Hall–Kier alpha value is -2.33. The molecule has 21 heavy (non-hydrogen) atoms. The summed E-state index contributed by atoms with van der Waals surface area (Å²) in [6.07, 6.45) is 1.30. The molecule has 4 nitrogen and oxygen atoms in total. The van der Waals surface area contributed by atoms with Crippen molar-refractivity contribution in [3.05, 3.63) is 53.6 Å². The Kier molecular flexibility index (Phi) is 3.88. The Morgan fingerprint density at radius 1 is 1.14 bits per heavy atom. The molecule has 2 N–H and O–H groups in total. The SMILES string of the molecule is CNCc1cccc(Oc2ccc3c(c2)CCC(=O)N3)c1. The first kappa shape index (κ1) is 13.6. The molecule has 0 fully saturated rings. The minimum absolute atomic E-state index is 0.0796. The number of amides is 1. The number of nitrogens with one attached hydrogen (secondary N) is 2. The molecule has 0 bridgehead atoms. The van der Waals surface area contributed by atoms with Crippen molar-refractivity contribution in [2.24, 2.45) is 0 Å². The van der Waals surface area contributed by atoms with E-state index < -0.39 is 0 Å². The molecule has 0 radical (unpaired) electrons. The fourth-order valence-electron chi connectivity index (χ4n) is 2.48. The van der Waals surface area contributed by atoms with Gasteiger partial charge in [-0.15, -0.1) is 0 Å². The average Bonchev–Trinajstić information content (AvgIpc) is 2.48. The van der Waals surface area contributed by atoms with Crippen LogP contribution in [0.3, 0.4) is 0 Å². The van der Waals surface area contributed by atoms with Crippen molar-refractivity contribution in [1.29, 1.82) is 0 Å². The Morgan fingerprint density at radius 3 is 2.86 bits per heavy atom. The van der Waals surface area contributed by atoms with Gasteiger partial charge in [0.1, 0.15) is 11.5 Å². The van der Waals surface area contributed by atoms with Crippen LogP contribution < -0.4 is 15.4 Å². The molecule has 2 aromatic carbocycles. The zero-order valence-electron chi connectivity index (χ0n) is 12.0. The van der Waals surface area contributed by atoms with E-state index in [2.05, 4.69) is 16.7 Å². The summed E-state index contributed by atoms with van der Waals surface area (Å²) in [6, 6.07) is 13.8. The van der Waals surface area contributed by atoms with Crippen LogP contribution in [0.1, 0.15) is 17.5 Å². The molecule has 0 atom stereocenters. The van der Waals surface area contributed by atoms with E-state index in [-0.39, 0.29) is 5.91 Å². The molecule has 0 aliphatic carbocycles. The molecule has 0 saturated heterocycles. The van der Waals surface area contributed by atoms with Gasteiger partial charge in [0.2, 0.25) is 5.91 Å². The highest BCUT2D eigenvalue weighted by molar-refractivity contribution is 5.94. The highest BCUT2D eigenvalue weighted by Gasteiger charge is 2.15. The van der Waals surface area contributed by atoms with Crippen molar-refractivity contribution >= 4 is 11.6 Å². The monoisotopic (exact) mass is 282 g/mol. The minimum atomic E-state index is 0.0796. The van der Waals surface area contributed by atoms with Crippen LogP contribution in [-0.2, 0) is 17.8 Å². The molecule has 0 spiro atoms. The lowest BCUT2D eigenvalue weighted by Crippen LogP contribution is -2.18. The molecule has 1 amide bonds. The molecule has 0 aromatic heterocycles. The van der Waals surface area contributed by atoms with Gasteiger partial charge in [-0.3, -0.25) is 4.79 Å². The zero-order valence-corrected chi connectivity index (χ0v) is 12.0. The summed E-state index contributed by atoms with van der Waals surface area (Å²) in [7, 11) is 1.92. The molecule has 1 heterocycles. The summed E-state index contributed by atoms with van der Waals surface area (Å²) >= 11 is 0. The molecule has 1 aliphatic rings. The van der Waals surface area contributed by atoms with Crippen molar-refractivity contribution in [2.75, 3.05) is 12.4 Å². The van der Waals surface area contributed by atoms with Crippen LogP contribution in [0.25, 0.3) is 0 Å². The molecule has 4 heteroatoms. The Bertz CT molecular complexity index is 668. The van der Waals surface area contributed by atoms with Gasteiger partial charge < -0.3 is 15.4 Å². The third-order valence-corrected chi connectivity index (χ3v) is 3.49. The van der Waals surface area contributed by atoms with Gasteiger partial charge in [-0.2, -0.15) is 0 Å². The molecule has 0 saturated carbocycles. The van der Waals surface area contributed by atoms with Crippen LogP contribution in [0.15, 0.2) is 42.5 Å². The Morgan fingerprint density at radius 2 is 2.00 bits per heavy atom. The third kappa shape index (κ3) is 3.23. The number of fused-ring (bicyclic) bond motifs is 1. The summed E-state index contributed by atoms with van der Waals surface area (Å²) in [5.41, 5.74) is 3.20. The second-order valence-electron chi connectivity index (χ2n) is 5.15. The molecule has 3 rings (SSSR count). The number of hydrogen-bond donors (Lipinski definition) is 2. The van der Waals surface area contributed by atoms with E-state index in [1.165, 1.54) is 5.56 Å². The summed E-state index contributed by atoms with van der Waals surface area (Å²) in [5, 5.41) is 6.00. The second kappa shape index (κ2) is 5.97. The van der Waals surface area contributed by atoms with Crippen LogP contribution >= 0.6 is 0 Å². The lowest BCUT2D eigenvalue weighted by molar-refractivity contribution is -0.116. The number of benzene rings is 2. The van der Waals surface area contributed by atoms with E-state index in [4.69, 9.17) is 4.74 Å². The Balaban J connectivity index is 1.79. The number of ether oxygens (including phenoxy) is 1. The van der Waals surface area contributed by atoms with E-state index in [1.807, 2.05) is 43.4 Å². The summed E-state index contributed by atoms with van der Waals surface area (Å²) < 4.78 is 5.92. The first-order chi connectivity index (χ1) is 10.2. The second-order valence-corrected chi connectivity index (χ2v) is 5.15. The summed E-state index contributed by atoms with van der Waals surface area (Å²) in [4.78, 5) is 11.4. The average molecular weight is 282 g/mol. The lowest BCUT2D eigenvalue weighted by Gasteiger charge is -2.17. The van der Waals surface area contributed by atoms with Crippen LogP contribution in [0.5, 0.6) is 11.5 Å². The van der Waals surface area contributed by atoms with E-state index in [0.717, 1.165) is 35.7 Å². The van der Waals surface area contributed by atoms with Gasteiger partial charge in [0.05, 0.1) is 0 Å². The highest BCUT2D eigenvalue weighted by Crippen LogP contribution is 2.29. The van der Waals surface area contributed by atoms with Crippen molar-refractivity contribution in [2.45, 2.75) is 19.4 Å². The Labute approximate surface area is 124 Å². The minimum Gasteiger partial charge on any atom is -0.457 e. The maximum Gasteiger partial charge on any atom is 0.224 e. The van der Waals surface area contributed by atoms with Gasteiger partial charge in [0.25, 0.3) is 0 Å². The van der Waals surface area contributed by atoms with Gasteiger partial charge in [-0.25, -0.2) is 0 Å². The van der Waals surface area contributed by atoms with Crippen LogP contribution in [0.4, 0.5) is 5.69 Å². The molecule has 0 unspecified atom stereocenters. The van der Waals surface area contributed by atoms with Crippen LogP contribution in [0.2, 0.25) is 0 Å². The third-order valence-electron chi connectivity index (χ3n) is 3.49. The number of rotatable bonds is 4. The fraction of sp³-hybridized carbons (Fsp3) is 0.235. The number of carbonyl (C=O) groups is 1. The van der Waals surface area contributed by atoms with Gasteiger partial charge >= 0.3 is 0 Å². The van der Waals surface area contributed by atoms with Crippen LogP contribution in [-0.4, -0.2) is 13.0 Å². The smallest absolute Gasteiger partial charge is 0.224 e. The molecule has 1 aliphatic heterocycles. The van der Waals surface area contributed by atoms with E-state index in [9.17, 15) is 4.79 Å². The zero-order chi connectivity index (χ0) is 14.7. The number of hydrogen-bond acceptors (Lipinski definition) is 3. The van der Waals surface area contributed by atoms with Crippen molar-refractivity contribution in [1.82, 2.24) is 5.32 Å². The van der Waals surface area contributed by atoms with Crippen LogP contribution in [0, 0.1) is 0 Å². The first-order valence-electron chi connectivity index (χ1n) is 7.09. The van der Waals surface area contributed by atoms with Gasteiger partial charge in [-0.05, 0) is 54.9 Å². The largest absolute Gasteiger partial charge is 0.457 e. The van der Waals surface area contributed by atoms with Gasteiger partial charge in [0, 0.05) is 18.7 Å². The lowest BCUT2D eigenvalue weighted by atomic mass is 10.0. The van der Waals surface area contributed by atoms with E-state index in [0.29, 0.717) is 6.42 Å². The fourth-order valence-corrected chi connectivity index (χ4v) is 2.48. The summed E-state index contributed by atoms with van der Waals surface area (Å²) in [5.74, 6) is 1.70. The number of aryl methyl sites for hydroxylation is 1. The van der Waals surface area contributed by atoms with E-state index in [1.54, 1.807) is 0 Å². The standard InChI is InChI=1S/C17H18N2O2/c1-18-11-12-3-2-4-14(9-12)21-15-6-7-16-13(10-15)5-8-17(20)19-16/h2-4,6-7,9-10,18H,5,8,11H2,1H3,(H,19,20). The molecular formula is C17H18N2O2. The highest BCUT2D eigenvalue weighted by atomic mass is 16.5. The summed E-state index contributed by atoms with van der Waals surface area (Å²) in [6.45, 7) is 0.813. The maximum atomic E-state index is 11.4. The van der Waals surface area contributed by atoms with E-state index >= 15 is 0 Å². The van der Waals surface area contributed by atoms with Crippen molar-refractivity contribution in [3.63, 3.8) is 0 Å². The quantitative estimate of drug-likeness (QED) is 0.906. The van der Waals surface area contributed by atoms with Gasteiger partial charge in [0.15, 0.2) is 0 Å². The number of anilines is 1. The van der Waals surface area contributed by atoms with Gasteiger partial charge in [-0.1, -0.05) is 12.1 Å². The predicted molar refractivity (Wildman–Crippen MR) is 82.7 cm³/mol. The predicted octanol–water partition coefficient (Wildman–Crippen LogP) is 3.08. The molecule has 2 aromatic rings. The maximum absolute atomic E-state index is 11.4. The topological polar surface area (TPSA) is 50.4 Å². The number of carbonyl (C=O) groups excluding carboxylic acids is 1. The normalized spacial score (nSPS) is 13.5. The first-order valence-corrected chi connectivity index (χ1v) is 7.09. The van der Waals surface area contributed by atoms with Crippen molar-refractivity contribution in [3.8, 4) is 11.5 Å². The molecule has 108 valence electrons. The van der Waals surface area contributed by atoms with Crippen molar-refractivity contribution < 1.29 is 9.53 Å².